The van der Waals surface area contributed by atoms with Gasteiger partial charge in [0.15, 0.2) is 5.82 Å². The largest absolute Gasteiger partial charge is 0.573 e. The maximum atomic E-state index is 12.6. The molecule has 1 aliphatic carbocycles. The van der Waals surface area contributed by atoms with Gasteiger partial charge in [-0.25, -0.2) is 4.98 Å². The first-order valence-electron chi connectivity index (χ1n) is 9.66. The monoisotopic (exact) mass is 481 g/mol. The molecule has 0 bridgehead atoms. The first kappa shape index (κ1) is 22.6. The summed E-state index contributed by atoms with van der Waals surface area (Å²) in [6, 6.07) is 12.5. The Morgan fingerprint density at radius 3 is 2.36 bits per heavy atom. The third kappa shape index (κ3) is 6.46. The molecular formula is C20H18F3N5O4S. The van der Waals surface area contributed by atoms with Crippen LogP contribution in [-0.4, -0.2) is 35.3 Å². The van der Waals surface area contributed by atoms with Crippen molar-refractivity contribution < 1.29 is 30.9 Å². The van der Waals surface area contributed by atoms with E-state index in [9.17, 15) is 21.6 Å². The summed E-state index contributed by atoms with van der Waals surface area (Å²) in [5.74, 6) is 0.231. The SMILES string of the molecule is O=S(=O)(O)c1ccc(NNc2cc(-c3cccc(OC(F)(F)F)c3)nc(NC3CC3)n2)cc1. The van der Waals surface area contributed by atoms with Crippen molar-refractivity contribution in [2.45, 2.75) is 30.1 Å². The van der Waals surface area contributed by atoms with Crippen molar-refractivity contribution in [2.75, 3.05) is 16.2 Å². The number of alkyl halides is 3. The molecular weight excluding hydrogens is 463 g/mol. The first-order valence-corrected chi connectivity index (χ1v) is 11.1. The maximum Gasteiger partial charge on any atom is 0.573 e. The van der Waals surface area contributed by atoms with Crippen molar-refractivity contribution in [2.24, 2.45) is 0 Å². The highest BCUT2D eigenvalue weighted by Gasteiger charge is 2.31. The van der Waals surface area contributed by atoms with E-state index >= 15 is 0 Å². The van der Waals surface area contributed by atoms with Gasteiger partial charge in [-0.2, -0.15) is 13.4 Å². The van der Waals surface area contributed by atoms with Gasteiger partial charge in [0.1, 0.15) is 5.75 Å². The zero-order valence-corrected chi connectivity index (χ0v) is 17.6. The van der Waals surface area contributed by atoms with E-state index in [1.165, 1.54) is 48.5 Å². The molecule has 33 heavy (non-hydrogen) atoms. The molecule has 1 aromatic heterocycles. The molecule has 0 amide bonds. The third-order valence-electron chi connectivity index (χ3n) is 4.49. The quantitative estimate of drug-likeness (QED) is 0.275. The van der Waals surface area contributed by atoms with Gasteiger partial charge in [-0.1, -0.05) is 12.1 Å². The summed E-state index contributed by atoms with van der Waals surface area (Å²) in [5.41, 5.74) is 6.90. The van der Waals surface area contributed by atoms with Gasteiger partial charge in [-0.15, -0.1) is 13.2 Å². The maximum absolute atomic E-state index is 12.6. The van der Waals surface area contributed by atoms with Crippen molar-refractivity contribution in [1.29, 1.82) is 0 Å². The number of ether oxygens (including phenoxy) is 1. The number of anilines is 3. The third-order valence-corrected chi connectivity index (χ3v) is 5.36. The first-order chi connectivity index (χ1) is 15.5. The van der Waals surface area contributed by atoms with E-state index in [4.69, 9.17) is 4.55 Å². The van der Waals surface area contributed by atoms with E-state index in [0.717, 1.165) is 12.8 Å². The van der Waals surface area contributed by atoms with Gasteiger partial charge in [-0.05, 0) is 49.2 Å². The Hall–Kier alpha value is -3.58. The van der Waals surface area contributed by atoms with Crippen LogP contribution in [0.1, 0.15) is 12.8 Å². The van der Waals surface area contributed by atoms with E-state index in [2.05, 4.69) is 30.9 Å². The number of aromatic nitrogens is 2. The molecule has 0 radical (unpaired) electrons. The van der Waals surface area contributed by atoms with E-state index in [-0.39, 0.29) is 16.7 Å². The van der Waals surface area contributed by atoms with E-state index < -0.39 is 16.5 Å². The summed E-state index contributed by atoms with van der Waals surface area (Å²) >= 11 is 0. The van der Waals surface area contributed by atoms with Crippen molar-refractivity contribution in [3.8, 4) is 17.0 Å². The molecule has 9 nitrogen and oxygen atoms in total. The van der Waals surface area contributed by atoms with Gasteiger partial charge in [0.2, 0.25) is 5.95 Å². The van der Waals surface area contributed by atoms with Gasteiger partial charge in [0, 0.05) is 17.7 Å². The molecule has 1 aliphatic rings. The summed E-state index contributed by atoms with van der Waals surface area (Å²) in [4.78, 5) is 8.49. The number of nitrogens with one attached hydrogen (secondary N) is 3. The summed E-state index contributed by atoms with van der Waals surface area (Å²) in [6.07, 6.45) is -2.89. The fourth-order valence-corrected chi connectivity index (χ4v) is 3.31. The highest BCUT2D eigenvalue weighted by atomic mass is 32.2. The second kappa shape index (κ2) is 8.75. The van der Waals surface area contributed by atoms with Crippen molar-refractivity contribution in [3.63, 3.8) is 0 Å². The minimum Gasteiger partial charge on any atom is -0.406 e. The summed E-state index contributed by atoms with van der Waals surface area (Å²) in [6.45, 7) is 0. The van der Waals surface area contributed by atoms with Crippen LogP contribution in [0.3, 0.4) is 0 Å². The molecule has 174 valence electrons. The van der Waals surface area contributed by atoms with Crippen LogP contribution in [0.5, 0.6) is 5.75 Å². The fraction of sp³-hybridized carbons (Fsp3) is 0.200. The lowest BCUT2D eigenvalue weighted by molar-refractivity contribution is -0.274. The highest BCUT2D eigenvalue weighted by molar-refractivity contribution is 7.85. The zero-order chi connectivity index (χ0) is 23.6. The molecule has 2 aromatic carbocycles. The molecule has 13 heteroatoms. The standard InChI is InChI=1S/C20H18F3N5O4S/c21-20(22,23)32-15-3-1-2-12(10-15)17-11-18(26-19(25-17)24-13-4-5-13)28-27-14-6-8-16(9-7-14)33(29,30)31/h1-3,6-11,13,27H,4-5H2,(H,29,30,31)(H2,24,25,26,28). The van der Waals surface area contributed by atoms with Gasteiger partial charge in [0.25, 0.3) is 10.1 Å². The van der Waals surface area contributed by atoms with Gasteiger partial charge in [0.05, 0.1) is 16.3 Å². The number of hydrogen-bond acceptors (Lipinski definition) is 8. The van der Waals surface area contributed by atoms with E-state index in [1.54, 1.807) is 6.07 Å². The number of rotatable bonds is 8. The molecule has 1 fully saturated rings. The van der Waals surface area contributed by atoms with Crippen molar-refractivity contribution in [1.82, 2.24) is 9.97 Å². The van der Waals surface area contributed by atoms with E-state index in [1.807, 2.05) is 0 Å². The Morgan fingerprint density at radius 1 is 1.00 bits per heavy atom. The molecule has 0 atom stereocenters. The van der Waals surface area contributed by atoms with Crippen LogP contribution in [-0.2, 0) is 10.1 Å². The zero-order valence-electron chi connectivity index (χ0n) is 16.8. The average molecular weight is 481 g/mol. The Bertz CT molecular complexity index is 1250. The second-order valence-electron chi connectivity index (χ2n) is 7.21. The molecule has 1 heterocycles. The van der Waals surface area contributed by atoms with Crippen molar-refractivity contribution >= 4 is 27.6 Å². The number of hydrogen-bond donors (Lipinski definition) is 4. The predicted octanol–water partition coefficient (Wildman–Crippen LogP) is 4.30. The lowest BCUT2D eigenvalue weighted by atomic mass is 10.1. The minimum absolute atomic E-state index is 0.230. The predicted molar refractivity (Wildman–Crippen MR) is 114 cm³/mol. The molecule has 3 aromatic rings. The lowest BCUT2D eigenvalue weighted by Crippen LogP contribution is -2.17. The lowest BCUT2D eigenvalue weighted by Gasteiger charge is -2.14. The van der Waals surface area contributed by atoms with Gasteiger partial charge >= 0.3 is 6.36 Å². The summed E-state index contributed by atoms with van der Waals surface area (Å²) in [5, 5.41) is 3.15. The topological polar surface area (TPSA) is 125 Å². The minimum atomic E-state index is -4.81. The Labute approximate surface area is 186 Å². The summed E-state index contributed by atoms with van der Waals surface area (Å²) in [7, 11) is -4.31. The average Bonchev–Trinajstić information content (AvgIpc) is 3.55. The number of halogens is 3. The Kier molecular flexibility index (Phi) is 5.99. The van der Waals surface area contributed by atoms with Crippen LogP contribution in [0.2, 0.25) is 0 Å². The van der Waals surface area contributed by atoms with Crippen LogP contribution in [0.25, 0.3) is 11.3 Å². The number of hydrazine groups is 1. The Balaban J connectivity index is 1.57. The molecule has 1 saturated carbocycles. The van der Waals surface area contributed by atoms with Crippen LogP contribution < -0.4 is 20.9 Å². The molecule has 0 spiro atoms. The van der Waals surface area contributed by atoms with Gasteiger partial charge in [-0.3, -0.25) is 15.4 Å². The summed E-state index contributed by atoms with van der Waals surface area (Å²) < 4.78 is 73.1. The smallest absolute Gasteiger partial charge is 0.406 e. The normalized spacial score (nSPS) is 13.9. The highest BCUT2D eigenvalue weighted by Crippen LogP contribution is 2.30. The molecule has 0 aliphatic heterocycles. The van der Waals surface area contributed by atoms with Crippen LogP contribution in [0.15, 0.2) is 59.5 Å². The van der Waals surface area contributed by atoms with Crippen LogP contribution in [0.4, 0.5) is 30.6 Å². The Morgan fingerprint density at radius 2 is 1.73 bits per heavy atom. The van der Waals surface area contributed by atoms with Crippen LogP contribution >= 0.6 is 0 Å². The van der Waals surface area contributed by atoms with Crippen molar-refractivity contribution in [3.05, 3.63) is 54.6 Å². The fourth-order valence-electron chi connectivity index (χ4n) is 2.83. The van der Waals surface area contributed by atoms with Gasteiger partial charge < -0.3 is 10.1 Å². The molecule has 4 rings (SSSR count). The number of nitrogens with zero attached hydrogens (tertiary/aromatic N) is 2. The van der Waals surface area contributed by atoms with Crippen LogP contribution in [0, 0.1) is 0 Å². The second-order valence-corrected chi connectivity index (χ2v) is 8.63. The number of benzene rings is 2. The molecule has 4 N–H and O–H groups in total. The molecule has 0 unspecified atom stereocenters. The molecule has 0 saturated heterocycles. The van der Waals surface area contributed by atoms with E-state index in [0.29, 0.717) is 28.7 Å².